The number of anilines is 1. The van der Waals surface area contributed by atoms with Crippen LogP contribution in [0.1, 0.15) is 31.4 Å². The average molecular weight is 280 g/mol. The van der Waals surface area contributed by atoms with Gasteiger partial charge in [0.1, 0.15) is 0 Å². The lowest BCUT2D eigenvalue weighted by Gasteiger charge is -2.34. The van der Waals surface area contributed by atoms with Gasteiger partial charge in [-0.3, -0.25) is 0 Å². The number of hydrogen-bond donors (Lipinski definition) is 1. The van der Waals surface area contributed by atoms with E-state index < -0.39 is 0 Å². The van der Waals surface area contributed by atoms with Crippen LogP contribution in [0.5, 0.6) is 0 Å². The normalized spacial score (nSPS) is 23.4. The molecule has 1 aromatic heterocycles. The van der Waals surface area contributed by atoms with Crippen LogP contribution in [0.25, 0.3) is 6.08 Å². The molecule has 0 amide bonds. The number of nitrogens with zero attached hydrogens (tertiary/aromatic N) is 1. The van der Waals surface area contributed by atoms with E-state index in [4.69, 9.17) is 9.47 Å². The Morgan fingerprint density at radius 1 is 1.37 bits per heavy atom. The van der Waals surface area contributed by atoms with Gasteiger partial charge >= 0.3 is 0 Å². The summed E-state index contributed by atoms with van der Waals surface area (Å²) in [7, 11) is 1.90. The smallest absolute Gasteiger partial charge is 0.182 e. The highest BCUT2D eigenvalue weighted by atomic mass is 32.1. The Morgan fingerprint density at radius 3 is 2.74 bits per heavy atom. The van der Waals surface area contributed by atoms with Gasteiger partial charge in [0, 0.05) is 25.3 Å². The SMILES string of the molecule is CNc1nc(/C=C/C2CCC3(CC2)OCCO3)cs1. The van der Waals surface area contributed by atoms with E-state index in [0.717, 1.165) is 49.7 Å². The molecule has 5 heteroatoms. The summed E-state index contributed by atoms with van der Waals surface area (Å²) in [6.07, 6.45) is 8.73. The van der Waals surface area contributed by atoms with Gasteiger partial charge in [-0.05, 0) is 24.8 Å². The van der Waals surface area contributed by atoms with Crippen LogP contribution < -0.4 is 5.32 Å². The molecule has 19 heavy (non-hydrogen) atoms. The highest BCUT2D eigenvalue weighted by Gasteiger charge is 2.39. The van der Waals surface area contributed by atoms with E-state index in [2.05, 4.69) is 27.8 Å². The van der Waals surface area contributed by atoms with Gasteiger partial charge < -0.3 is 14.8 Å². The van der Waals surface area contributed by atoms with Crippen molar-refractivity contribution >= 4 is 22.5 Å². The van der Waals surface area contributed by atoms with Gasteiger partial charge in [0.25, 0.3) is 0 Å². The van der Waals surface area contributed by atoms with Crippen molar-refractivity contribution < 1.29 is 9.47 Å². The Morgan fingerprint density at radius 2 is 2.11 bits per heavy atom. The number of allylic oxidation sites excluding steroid dienone is 1. The van der Waals surface area contributed by atoms with Gasteiger partial charge in [-0.25, -0.2) is 4.98 Å². The maximum Gasteiger partial charge on any atom is 0.182 e. The third-order valence-electron chi connectivity index (χ3n) is 3.88. The average Bonchev–Trinajstić information content (AvgIpc) is 3.08. The van der Waals surface area contributed by atoms with E-state index in [1.54, 1.807) is 11.3 Å². The fourth-order valence-corrected chi connectivity index (χ4v) is 3.41. The Bertz CT molecular complexity index is 442. The van der Waals surface area contributed by atoms with Crippen LogP contribution >= 0.6 is 11.3 Å². The van der Waals surface area contributed by atoms with Crippen LogP contribution in [0.2, 0.25) is 0 Å². The summed E-state index contributed by atoms with van der Waals surface area (Å²) >= 11 is 1.64. The molecule has 2 heterocycles. The van der Waals surface area contributed by atoms with Crippen LogP contribution in [0.3, 0.4) is 0 Å². The largest absolute Gasteiger partial charge is 0.365 e. The molecule has 3 rings (SSSR count). The van der Waals surface area contributed by atoms with Crippen molar-refractivity contribution in [3.8, 4) is 0 Å². The van der Waals surface area contributed by atoms with E-state index in [1.165, 1.54) is 0 Å². The number of aromatic nitrogens is 1. The molecule has 1 saturated heterocycles. The van der Waals surface area contributed by atoms with E-state index >= 15 is 0 Å². The van der Waals surface area contributed by atoms with Crippen LogP contribution in [-0.4, -0.2) is 31.0 Å². The molecule has 1 N–H and O–H groups in total. The summed E-state index contributed by atoms with van der Waals surface area (Å²) < 4.78 is 11.5. The Balaban J connectivity index is 1.54. The zero-order chi connectivity index (χ0) is 13.1. The van der Waals surface area contributed by atoms with Crippen molar-refractivity contribution in [2.45, 2.75) is 31.5 Å². The van der Waals surface area contributed by atoms with Crippen molar-refractivity contribution in [3.63, 3.8) is 0 Å². The Labute approximate surface area is 117 Å². The standard InChI is InChI=1S/C14H20N2O2S/c1-15-13-16-12(10-19-13)3-2-11-4-6-14(7-5-11)17-8-9-18-14/h2-3,10-11H,4-9H2,1H3,(H,15,16)/b3-2+. The molecule has 104 valence electrons. The molecule has 1 saturated carbocycles. The number of hydrogen-bond acceptors (Lipinski definition) is 5. The lowest BCUT2D eigenvalue weighted by atomic mass is 9.85. The molecule has 1 aromatic rings. The molecule has 0 aromatic carbocycles. The first-order valence-electron chi connectivity index (χ1n) is 6.89. The molecule has 0 atom stereocenters. The summed E-state index contributed by atoms with van der Waals surface area (Å²) in [4.78, 5) is 4.46. The fraction of sp³-hybridized carbons (Fsp3) is 0.643. The van der Waals surface area contributed by atoms with E-state index in [-0.39, 0.29) is 5.79 Å². The second-order valence-electron chi connectivity index (χ2n) is 5.13. The van der Waals surface area contributed by atoms with Crippen LogP contribution in [0, 0.1) is 5.92 Å². The van der Waals surface area contributed by atoms with E-state index in [1.807, 2.05) is 7.05 Å². The third-order valence-corrected chi connectivity index (χ3v) is 4.76. The summed E-state index contributed by atoms with van der Waals surface area (Å²) in [5, 5.41) is 6.11. The molecular weight excluding hydrogens is 260 g/mol. The van der Waals surface area contributed by atoms with Gasteiger partial charge in [0.15, 0.2) is 10.9 Å². The Hall–Kier alpha value is -0.910. The maximum atomic E-state index is 5.75. The minimum atomic E-state index is -0.246. The van der Waals surface area contributed by atoms with Crippen molar-refractivity contribution in [3.05, 3.63) is 17.2 Å². The van der Waals surface area contributed by atoms with Crippen LogP contribution in [-0.2, 0) is 9.47 Å². The second-order valence-corrected chi connectivity index (χ2v) is 5.99. The maximum absolute atomic E-state index is 5.75. The first kappa shape index (κ1) is 13.1. The summed E-state index contributed by atoms with van der Waals surface area (Å²) in [5.74, 6) is 0.378. The molecule has 1 aliphatic heterocycles. The third kappa shape index (κ3) is 2.99. The van der Waals surface area contributed by atoms with Crippen molar-refractivity contribution in [2.24, 2.45) is 5.92 Å². The molecule has 0 radical (unpaired) electrons. The monoisotopic (exact) mass is 280 g/mol. The topological polar surface area (TPSA) is 43.4 Å². The van der Waals surface area contributed by atoms with Crippen molar-refractivity contribution in [2.75, 3.05) is 25.6 Å². The van der Waals surface area contributed by atoms with Gasteiger partial charge in [-0.15, -0.1) is 11.3 Å². The Kier molecular flexibility index (Phi) is 3.86. The number of nitrogens with one attached hydrogen (secondary N) is 1. The van der Waals surface area contributed by atoms with Crippen molar-refractivity contribution in [1.29, 1.82) is 0 Å². The lowest BCUT2D eigenvalue weighted by Crippen LogP contribution is -2.34. The van der Waals surface area contributed by atoms with Crippen LogP contribution in [0.15, 0.2) is 11.5 Å². The zero-order valence-corrected chi connectivity index (χ0v) is 12.0. The van der Waals surface area contributed by atoms with Gasteiger partial charge in [0.2, 0.25) is 0 Å². The predicted molar refractivity (Wildman–Crippen MR) is 77.3 cm³/mol. The van der Waals surface area contributed by atoms with Gasteiger partial charge in [-0.2, -0.15) is 0 Å². The second kappa shape index (κ2) is 5.61. The number of thiazole rings is 1. The predicted octanol–water partition coefficient (Wildman–Crippen LogP) is 3.13. The highest BCUT2D eigenvalue weighted by molar-refractivity contribution is 7.13. The van der Waals surface area contributed by atoms with Gasteiger partial charge in [-0.1, -0.05) is 6.08 Å². The molecule has 1 aliphatic carbocycles. The molecule has 2 aliphatic rings. The summed E-state index contributed by atoms with van der Waals surface area (Å²) in [6.45, 7) is 1.51. The molecular formula is C14H20N2O2S. The summed E-state index contributed by atoms with van der Waals surface area (Å²) in [5.41, 5.74) is 1.04. The molecule has 0 unspecified atom stereocenters. The zero-order valence-electron chi connectivity index (χ0n) is 11.2. The molecule has 0 bridgehead atoms. The highest BCUT2D eigenvalue weighted by Crippen LogP contribution is 2.38. The first-order chi connectivity index (χ1) is 9.30. The van der Waals surface area contributed by atoms with Crippen LogP contribution in [0.4, 0.5) is 5.13 Å². The minimum absolute atomic E-state index is 0.246. The summed E-state index contributed by atoms with van der Waals surface area (Å²) in [6, 6.07) is 0. The fourth-order valence-electron chi connectivity index (χ4n) is 2.77. The minimum Gasteiger partial charge on any atom is -0.365 e. The van der Waals surface area contributed by atoms with E-state index in [9.17, 15) is 0 Å². The van der Waals surface area contributed by atoms with Gasteiger partial charge in [0.05, 0.1) is 18.9 Å². The quantitative estimate of drug-likeness (QED) is 0.924. The molecule has 1 spiro atoms. The molecule has 2 fully saturated rings. The van der Waals surface area contributed by atoms with Crippen molar-refractivity contribution in [1.82, 2.24) is 4.98 Å². The van der Waals surface area contributed by atoms with E-state index in [0.29, 0.717) is 5.92 Å². The number of rotatable bonds is 3. The lowest BCUT2D eigenvalue weighted by molar-refractivity contribution is -0.180. The molecule has 4 nitrogen and oxygen atoms in total. The first-order valence-corrected chi connectivity index (χ1v) is 7.77. The number of ether oxygens (including phenoxy) is 2.